The number of carbonyl (C=O) groups excluding carboxylic acids is 1. The molecule has 0 heterocycles. The van der Waals surface area contributed by atoms with Gasteiger partial charge < -0.3 is 10.4 Å². The first-order chi connectivity index (χ1) is 8.37. The van der Waals surface area contributed by atoms with E-state index in [1.54, 1.807) is 6.07 Å². The summed E-state index contributed by atoms with van der Waals surface area (Å²) in [6, 6.07) is 4.34. The van der Waals surface area contributed by atoms with Crippen LogP contribution in [0.2, 0.25) is 0 Å². The molecule has 0 aliphatic carbocycles. The second-order valence-corrected chi connectivity index (χ2v) is 5.71. The number of rotatable bonds is 5. The lowest BCUT2D eigenvalue weighted by atomic mass is 9.89. The van der Waals surface area contributed by atoms with Gasteiger partial charge in [0.15, 0.2) is 0 Å². The van der Waals surface area contributed by atoms with Gasteiger partial charge in [0, 0.05) is 13.2 Å². The average Bonchev–Trinajstić information content (AvgIpc) is 2.30. The number of amides is 1. The maximum atomic E-state index is 13.3. The van der Waals surface area contributed by atoms with Gasteiger partial charge in [-0.25, -0.2) is 4.39 Å². The van der Waals surface area contributed by atoms with E-state index in [-0.39, 0.29) is 28.0 Å². The molecule has 1 aromatic rings. The first kappa shape index (κ1) is 15.1. The topological polar surface area (TPSA) is 49.3 Å². The Labute approximate surface area is 115 Å². The lowest BCUT2D eigenvalue weighted by Crippen LogP contribution is -2.34. The van der Waals surface area contributed by atoms with Gasteiger partial charge in [-0.2, -0.15) is 0 Å². The second-order valence-electron chi connectivity index (χ2n) is 4.92. The molecule has 0 unspecified atom stereocenters. The Morgan fingerprint density at radius 2 is 2.17 bits per heavy atom. The summed E-state index contributed by atoms with van der Waals surface area (Å²) in [5.74, 6) is -0.787. The minimum Gasteiger partial charge on any atom is -0.396 e. The van der Waals surface area contributed by atoms with Gasteiger partial charge in [-0.3, -0.25) is 4.79 Å². The summed E-state index contributed by atoms with van der Waals surface area (Å²) in [5, 5.41) is 11.6. The molecule has 0 aliphatic rings. The van der Waals surface area contributed by atoms with E-state index in [1.165, 1.54) is 12.1 Å². The molecular formula is C13H17BrFNO2. The van der Waals surface area contributed by atoms with Gasteiger partial charge >= 0.3 is 0 Å². The monoisotopic (exact) mass is 317 g/mol. The standard InChI is InChI=1S/C13H17BrFNO2/c1-13(2,6-7-17)8-16-12(18)9-4-3-5-10(15)11(9)14/h3-5,17H,6-8H2,1-2H3,(H,16,18). The second kappa shape index (κ2) is 6.29. The Bertz CT molecular complexity index is 435. The van der Waals surface area contributed by atoms with E-state index in [4.69, 9.17) is 5.11 Å². The molecule has 0 radical (unpaired) electrons. The number of nitrogens with one attached hydrogen (secondary N) is 1. The lowest BCUT2D eigenvalue weighted by Gasteiger charge is -2.23. The molecule has 0 saturated carbocycles. The molecule has 0 saturated heterocycles. The number of hydrogen-bond acceptors (Lipinski definition) is 2. The highest BCUT2D eigenvalue weighted by atomic mass is 79.9. The van der Waals surface area contributed by atoms with Crippen molar-refractivity contribution >= 4 is 21.8 Å². The van der Waals surface area contributed by atoms with Crippen LogP contribution in [0.4, 0.5) is 4.39 Å². The summed E-state index contributed by atoms with van der Waals surface area (Å²) in [4.78, 5) is 11.9. The number of halogens is 2. The first-order valence-electron chi connectivity index (χ1n) is 5.70. The van der Waals surface area contributed by atoms with Gasteiger partial charge in [0.2, 0.25) is 0 Å². The van der Waals surface area contributed by atoms with Crippen LogP contribution in [0.25, 0.3) is 0 Å². The highest BCUT2D eigenvalue weighted by Crippen LogP contribution is 2.21. The zero-order valence-electron chi connectivity index (χ0n) is 10.5. The number of hydrogen-bond donors (Lipinski definition) is 2. The predicted octanol–water partition coefficient (Wildman–Crippen LogP) is 2.73. The van der Waals surface area contributed by atoms with E-state index in [0.717, 1.165) is 0 Å². The third kappa shape index (κ3) is 4.07. The predicted molar refractivity (Wildman–Crippen MR) is 71.9 cm³/mol. The molecule has 18 heavy (non-hydrogen) atoms. The largest absolute Gasteiger partial charge is 0.396 e. The van der Waals surface area contributed by atoms with Crippen LogP contribution in [0.1, 0.15) is 30.6 Å². The number of aliphatic hydroxyl groups is 1. The van der Waals surface area contributed by atoms with Gasteiger partial charge in [0.05, 0.1) is 10.0 Å². The van der Waals surface area contributed by atoms with Crippen molar-refractivity contribution in [2.75, 3.05) is 13.2 Å². The molecule has 0 atom stereocenters. The van der Waals surface area contributed by atoms with Crippen LogP contribution in [-0.2, 0) is 0 Å². The Morgan fingerprint density at radius 3 is 2.78 bits per heavy atom. The first-order valence-corrected chi connectivity index (χ1v) is 6.50. The summed E-state index contributed by atoms with van der Waals surface area (Å²) in [6.07, 6.45) is 0.595. The van der Waals surface area contributed by atoms with Crippen LogP contribution in [0, 0.1) is 11.2 Å². The maximum absolute atomic E-state index is 13.3. The summed E-state index contributed by atoms with van der Waals surface area (Å²) in [7, 11) is 0. The Morgan fingerprint density at radius 1 is 1.50 bits per heavy atom. The van der Waals surface area contributed by atoms with Crippen molar-refractivity contribution in [1.29, 1.82) is 0 Å². The van der Waals surface area contributed by atoms with Crippen molar-refractivity contribution in [3.8, 4) is 0 Å². The highest BCUT2D eigenvalue weighted by Gasteiger charge is 2.20. The highest BCUT2D eigenvalue weighted by molar-refractivity contribution is 9.10. The van der Waals surface area contributed by atoms with E-state index in [2.05, 4.69) is 21.2 Å². The summed E-state index contributed by atoms with van der Waals surface area (Å²) in [6.45, 7) is 4.40. The zero-order chi connectivity index (χ0) is 13.8. The average molecular weight is 318 g/mol. The smallest absolute Gasteiger partial charge is 0.252 e. The molecule has 100 valence electrons. The molecule has 0 fully saturated rings. The summed E-state index contributed by atoms with van der Waals surface area (Å²) in [5.41, 5.74) is 0.0827. The van der Waals surface area contributed by atoms with E-state index >= 15 is 0 Å². The van der Waals surface area contributed by atoms with Crippen LogP contribution in [-0.4, -0.2) is 24.2 Å². The minimum absolute atomic E-state index is 0.0759. The van der Waals surface area contributed by atoms with Crippen LogP contribution < -0.4 is 5.32 Å². The Balaban J connectivity index is 2.69. The fourth-order valence-corrected chi connectivity index (χ4v) is 1.93. The Kier molecular flexibility index (Phi) is 5.28. The summed E-state index contributed by atoms with van der Waals surface area (Å²) < 4.78 is 13.4. The number of carbonyl (C=O) groups is 1. The maximum Gasteiger partial charge on any atom is 0.252 e. The lowest BCUT2D eigenvalue weighted by molar-refractivity contribution is 0.0927. The number of aliphatic hydroxyl groups excluding tert-OH is 1. The third-order valence-electron chi connectivity index (χ3n) is 2.71. The quantitative estimate of drug-likeness (QED) is 0.877. The summed E-state index contributed by atoms with van der Waals surface area (Å²) >= 11 is 3.06. The van der Waals surface area contributed by atoms with Crippen molar-refractivity contribution in [2.24, 2.45) is 5.41 Å². The van der Waals surface area contributed by atoms with Crippen molar-refractivity contribution in [2.45, 2.75) is 20.3 Å². The van der Waals surface area contributed by atoms with Gasteiger partial charge in [-0.15, -0.1) is 0 Å². The van der Waals surface area contributed by atoms with Crippen molar-refractivity contribution in [3.63, 3.8) is 0 Å². The molecule has 1 amide bonds. The molecular weight excluding hydrogens is 301 g/mol. The normalized spacial score (nSPS) is 11.4. The molecule has 0 aliphatic heterocycles. The fourth-order valence-electron chi connectivity index (χ4n) is 1.48. The number of benzene rings is 1. The molecule has 0 aromatic heterocycles. The van der Waals surface area contributed by atoms with E-state index in [0.29, 0.717) is 13.0 Å². The van der Waals surface area contributed by atoms with Gasteiger partial charge in [-0.1, -0.05) is 19.9 Å². The van der Waals surface area contributed by atoms with Crippen molar-refractivity contribution in [1.82, 2.24) is 5.32 Å². The van der Waals surface area contributed by atoms with Gasteiger partial charge in [0.1, 0.15) is 5.82 Å². The molecule has 5 heteroatoms. The molecule has 3 nitrogen and oxygen atoms in total. The molecule has 1 aromatic carbocycles. The zero-order valence-corrected chi connectivity index (χ0v) is 12.1. The Hall–Kier alpha value is -0.940. The fraction of sp³-hybridized carbons (Fsp3) is 0.462. The van der Waals surface area contributed by atoms with Gasteiger partial charge in [-0.05, 0) is 39.9 Å². The minimum atomic E-state index is -0.461. The van der Waals surface area contributed by atoms with Crippen molar-refractivity contribution in [3.05, 3.63) is 34.1 Å². The molecule has 2 N–H and O–H groups in total. The van der Waals surface area contributed by atoms with Crippen LogP contribution in [0.15, 0.2) is 22.7 Å². The van der Waals surface area contributed by atoms with Crippen LogP contribution >= 0.6 is 15.9 Å². The molecule has 1 rings (SSSR count). The SMILES string of the molecule is CC(C)(CCO)CNC(=O)c1cccc(F)c1Br. The van der Waals surface area contributed by atoms with E-state index in [9.17, 15) is 9.18 Å². The van der Waals surface area contributed by atoms with Crippen molar-refractivity contribution < 1.29 is 14.3 Å². The molecule has 0 bridgehead atoms. The van der Waals surface area contributed by atoms with E-state index < -0.39 is 5.82 Å². The van der Waals surface area contributed by atoms with Crippen LogP contribution in [0.3, 0.4) is 0 Å². The third-order valence-corrected chi connectivity index (χ3v) is 3.52. The van der Waals surface area contributed by atoms with Crippen LogP contribution in [0.5, 0.6) is 0 Å². The van der Waals surface area contributed by atoms with E-state index in [1.807, 2.05) is 13.8 Å². The van der Waals surface area contributed by atoms with Gasteiger partial charge in [0.25, 0.3) is 5.91 Å². The molecule has 0 spiro atoms.